The summed E-state index contributed by atoms with van der Waals surface area (Å²) < 4.78 is 0.740. The number of aliphatic hydroxyl groups is 1. The minimum Gasteiger partial charge on any atom is -0.345 e. The van der Waals surface area contributed by atoms with Crippen LogP contribution in [0.1, 0.15) is 85.0 Å². The quantitative estimate of drug-likeness (QED) is 0.287. The molecule has 23 heavy (non-hydrogen) atoms. The van der Waals surface area contributed by atoms with Gasteiger partial charge in [-0.1, -0.05) is 51.2 Å². The van der Waals surface area contributed by atoms with Crippen molar-refractivity contribution in [3.05, 3.63) is 12.2 Å². The molecule has 3 nitrogen and oxygen atoms in total. The molecular weight excluding hydrogens is 284 g/mol. The molecule has 0 saturated carbocycles. The maximum absolute atomic E-state index is 10.1. The van der Waals surface area contributed by atoms with Gasteiger partial charge in [0, 0.05) is 13.3 Å². The van der Waals surface area contributed by atoms with Gasteiger partial charge in [-0.2, -0.15) is 0 Å². The number of unbranched alkanes of at least 4 members (excludes halogenated alkanes) is 7. The van der Waals surface area contributed by atoms with Crippen molar-refractivity contribution in [2.45, 2.75) is 97.4 Å². The van der Waals surface area contributed by atoms with Crippen molar-refractivity contribution in [3.63, 3.8) is 0 Å². The normalized spacial score (nSPS) is 25.5. The highest BCUT2D eigenvalue weighted by atomic mass is 16.3. The van der Waals surface area contributed by atoms with Crippen LogP contribution in [0.2, 0.25) is 0 Å². The maximum atomic E-state index is 10.1. The largest absolute Gasteiger partial charge is 0.345 e. The van der Waals surface area contributed by atoms with E-state index in [9.17, 15) is 5.11 Å². The van der Waals surface area contributed by atoms with Gasteiger partial charge in [-0.15, -0.1) is 0 Å². The van der Waals surface area contributed by atoms with Gasteiger partial charge in [0.1, 0.15) is 6.54 Å². The zero-order valence-corrected chi connectivity index (χ0v) is 15.7. The van der Waals surface area contributed by atoms with Gasteiger partial charge >= 0.3 is 0 Å². The number of hydrogen-bond donors (Lipinski definition) is 1. The van der Waals surface area contributed by atoms with E-state index in [0.29, 0.717) is 0 Å². The summed E-state index contributed by atoms with van der Waals surface area (Å²) in [6.45, 7) is 8.17. The molecule has 3 unspecified atom stereocenters. The topological polar surface area (TPSA) is 32.6 Å². The van der Waals surface area contributed by atoms with Crippen LogP contribution in [0.4, 0.5) is 0 Å². The van der Waals surface area contributed by atoms with E-state index in [2.05, 4.69) is 31.0 Å². The van der Waals surface area contributed by atoms with Gasteiger partial charge < -0.3 is 5.11 Å². The minimum absolute atomic E-state index is 0.281. The molecule has 0 aromatic heterocycles. The Morgan fingerprint density at radius 3 is 2.39 bits per heavy atom. The Hall–Kier alpha value is -0.670. The van der Waals surface area contributed by atoms with Crippen molar-refractivity contribution in [1.82, 2.24) is 0 Å². The number of hydrogen-bond acceptors (Lipinski definition) is 2. The van der Waals surface area contributed by atoms with E-state index in [1.54, 1.807) is 0 Å². The molecule has 1 aliphatic rings. The molecular formula is C20H39N2O+. The molecule has 0 radical (unpaired) electrons. The van der Waals surface area contributed by atoms with Crippen LogP contribution in [-0.2, 0) is 0 Å². The SMILES string of the molecule is CCC/C=C/CCCCCCCCC1N=CC[N+]1(CC)C(C)O. The van der Waals surface area contributed by atoms with Crippen molar-refractivity contribution < 1.29 is 9.59 Å². The molecule has 3 atom stereocenters. The van der Waals surface area contributed by atoms with Crippen molar-refractivity contribution in [2.24, 2.45) is 4.99 Å². The van der Waals surface area contributed by atoms with Crippen molar-refractivity contribution in [2.75, 3.05) is 13.1 Å². The lowest BCUT2D eigenvalue weighted by atomic mass is 10.1. The monoisotopic (exact) mass is 323 g/mol. The number of rotatable bonds is 13. The van der Waals surface area contributed by atoms with E-state index in [1.165, 1.54) is 57.8 Å². The molecule has 1 aliphatic heterocycles. The van der Waals surface area contributed by atoms with Gasteiger partial charge in [0.05, 0.1) is 12.8 Å². The summed E-state index contributed by atoms with van der Waals surface area (Å²) in [5.41, 5.74) is 0. The Morgan fingerprint density at radius 1 is 1.09 bits per heavy atom. The summed E-state index contributed by atoms with van der Waals surface area (Å²) in [7, 11) is 0. The second-order valence-corrected chi connectivity index (χ2v) is 7.00. The highest BCUT2D eigenvalue weighted by Gasteiger charge is 2.41. The van der Waals surface area contributed by atoms with Crippen molar-refractivity contribution >= 4 is 6.21 Å². The van der Waals surface area contributed by atoms with Crippen LogP contribution >= 0.6 is 0 Å². The fourth-order valence-corrected chi connectivity index (χ4v) is 3.61. The fourth-order valence-electron chi connectivity index (χ4n) is 3.61. The van der Waals surface area contributed by atoms with Gasteiger partial charge in [0.2, 0.25) is 0 Å². The molecule has 0 amide bonds. The first-order valence-electron chi connectivity index (χ1n) is 9.88. The first-order chi connectivity index (χ1) is 11.2. The van der Waals surface area contributed by atoms with Gasteiger partial charge in [-0.3, -0.25) is 4.48 Å². The lowest BCUT2D eigenvalue weighted by molar-refractivity contribution is -0.976. The highest BCUT2D eigenvalue weighted by Crippen LogP contribution is 2.26. The van der Waals surface area contributed by atoms with E-state index >= 15 is 0 Å². The fraction of sp³-hybridized carbons (Fsp3) is 0.850. The molecule has 0 spiro atoms. The second-order valence-electron chi connectivity index (χ2n) is 7.00. The van der Waals surface area contributed by atoms with Crippen LogP contribution in [0.15, 0.2) is 17.1 Å². The van der Waals surface area contributed by atoms with Crippen molar-refractivity contribution in [1.29, 1.82) is 0 Å². The molecule has 1 N–H and O–H groups in total. The number of nitrogens with zero attached hydrogens (tertiary/aromatic N) is 2. The molecule has 1 rings (SSSR count). The summed E-state index contributed by atoms with van der Waals surface area (Å²) in [6, 6.07) is 0. The second kappa shape index (κ2) is 11.8. The summed E-state index contributed by atoms with van der Waals surface area (Å²) >= 11 is 0. The van der Waals surface area contributed by atoms with E-state index in [4.69, 9.17) is 0 Å². The Labute approximate surface area is 144 Å². The molecule has 0 aliphatic carbocycles. The summed E-state index contributed by atoms with van der Waals surface area (Å²) in [5.74, 6) is 0. The van der Waals surface area contributed by atoms with Crippen LogP contribution in [0.3, 0.4) is 0 Å². The standard InChI is InChI=1S/C20H39N2O/c1-4-6-7-8-9-10-11-12-13-14-15-16-20-21-17-18-22(20,5-2)19(3)23/h7-8,17,19-20,23H,4-6,9-16,18H2,1-3H3/q+1/b8-7+. The Morgan fingerprint density at radius 2 is 1.74 bits per heavy atom. The van der Waals surface area contributed by atoms with Crippen LogP contribution in [-0.4, -0.2) is 41.3 Å². The molecule has 134 valence electrons. The summed E-state index contributed by atoms with van der Waals surface area (Å²) in [5, 5.41) is 10.1. The van der Waals surface area contributed by atoms with Gasteiger partial charge in [0.25, 0.3) is 0 Å². The average Bonchev–Trinajstić information content (AvgIpc) is 2.97. The zero-order chi connectivity index (χ0) is 17.0. The predicted molar refractivity (Wildman–Crippen MR) is 101 cm³/mol. The summed E-state index contributed by atoms with van der Waals surface area (Å²) in [6.07, 6.45) is 19.5. The number of allylic oxidation sites excluding steroid dienone is 2. The van der Waals surface area contributed by atoms with Gasteiger partial charge in [0.15, 0.2) is 12.4 Å². The Bertz CT molecular complexity index is 352. The van der Waals surface area contributed by atoms with Gasteiger partial charge in [-0.25, -0.2) is 4.99 Å². The third kappa shape index (κ3) is 6.76. The highest BCUT2D eigenvalue weighted by molar-refractivity contribution is 5.60. The number of aliphatic imine (C=N–C) groups is 1. The zero-order valence-electron chi connectivity index (χ0n) is 15.7. The lowest BCUT2D eigenvalue weighted by Gasteiger charge is -2.40. The minimum atomic E-state index is -0.312. The maximum Gasteiger partial charge on any atom is 0.189 e. The third-order valence-corrected chi connectivity index (χ3v) is 5.33. The molecule has 0 fully saturated rings. The molecule has 1 heterocycles. The number of quaternary nitrogens is 1. The summed E-state index contributed by atoms with van der Waals surface area (Å²) in [4.78, 5) is 4.64. The third-order valence-electron chi connectivity index (χ3n) is 5.33. The number of aliphatic hydroxyl groups excluding tert-OH is 1. The molecule has 0 aromatic carbocycles. The Balaban J connectivity index is 2.05. The van der Waals surface area contributed by atoms with Crippen molar-refractivity contribution in [3.8, 4) is 0 Å². The first-order valence-corrected chi connectivity index (χ1v) is 9.88. The molecule has 3 heteroatoms. The van der Waals surface area contributed by atoms with E-state index in [-0.39, 0.29) is 12.4 Å². The average molecular weight is 324 g/mol. The first kappa shape index (κ1) is 20.4. The molecule has 0 saturated heterocycles. The smallest absolute Gasteiger partial charge is 0.189 e. The van der Waals surface area contributed by atoms with Crippen LogP contribution in [0, 0.1) is 0 Å². The van der Waals surface area contributed by atoms with E-state index < -0.39 is 0 Å². The van der Waals surface area contributed by atoms with Crippen LogP contribution in [0.5, 0.6) is 0 Å². The Kier molecular flexibility index (Phi) is 10.5. The van der Waals surface area contributed by atoms with Crippen LogP contribution in [0.25, 0.3) is 0 Å². The molecule has 0 aromatic rings. The van der Waals surface area contributed by atoms with E-state index in [0.717, 1.165) is 24.0 Å². The lowest BCUT2D eigenvalue weighted by Crippen LogP contribution is -2.57. The van der Waals surface area contributed by atoms with Gasteiger partial charge in [-0.05, 0) is 32.6 Å². The molecule has 0 bridgehead atoms. The van der Waals surface area contributed by atoms with Crippen LogP contribution < -0.4 is 0 Å². The van der Waals surface area contributed by atoms with E-state index in [1.807, 2.05) is 13.1 Å². The predicted octanol–water partition coefficient (Wildman–Crippen LogP) is 5.05.